The van der Waals surface area contributed by atoms with Gasteiger partial charge in [0.2, 0.25) is 5.91 Å². The molecule has 0 aromatic rings. The van der Waals surface area contributed by atoms with E-state index >= 15 is 0 Å². The van der Waals surface area contributed by atoms with Gasteiger partial charge in [-0.05, 0) is 11.8 Å². The average Bonchev–Trinajstić information content (AvgIpc) is 2.52. The zero-order chi connectivity index (χ0) is 18.8. The average molecular weight is 355 g/mol. The van der Waals surface area contributed by atoms with Crippen molar-refractivity contribution in [1.29, 1.82) is 0 Å². The van der Waals surface area contributed by atoms with Crippen molar-refractivity contribution in [1.82, 2.24) is 15.1 Å². The van der Waals surface area contributed by atoms with Crippen LogP contribution >= 0.6 is 0 Å². The number of hydrogen-bond donors (Lipinski definition) is 2. The van der Waals surface area contributed by atoms with Crippen LogP contribution in [0.4, 0.5) is 4.79 Å². The van der Waals surface area contributed by atoms with Crippen molar-refractivity contribution in [2.75, 3.05) is 32.8 Å². The molecular formula is C18H33N3O4. The van der Waals surface area contributed by atoms with E-state index < -0.39 is 6.09 Å². The second-order valence-corrected chi connectivity index (χ2v) is 8.54. The molecule has 2 amide bonds. The zero-order valence-electron chi connectivity index (χ0n) is 16.1. The lowest BCUT2D eigenvalue weighted by Crippen LogP contribution is -2.65. The van der Waals surface area contributed by atoms with Gasteiger partial charge in [0.05, 0.1) is 25.2 Å². The summed E-state index contributed by atoms with van der Waals surface area (Å²) in [4.78, 5) is 28.2. The maximum absolute atomic E-state index is 12.9. The molecule has 2 fully saturated rings. The Morgan fingerprint density at radius 3 is 2.28 bits per heavy atom. The fourth-order valence-corrected chi connectivity index (χ4v) is 4.15. The minimum absolute atomic E-state index is 0.0418. The van der Waals surface area contributed by atoms with E-state index in [0.29, 0.717) is 32.7 Å². The summed E-state index contributed by atoms with van der Waals surface area (Å²) in [5.41, 5.74) is -0.210. The maximum Gasteiger partial charge on any atom is 0.407 e. The fourth-order valence-electron chi connectivity index (χ4n) is 4.15. The topological polar surface area (TPSA) is 82.1 Å². The van der Waals surface area contributed by atoms with E-state index in [9.17, 15) is 14.7 Å². The van der Waals surface area contributed by atoms with Crippen LogP contribution in [0.5, 0.6) is 0 Å². The first kappa shape index (κ1) is 20.0. The van der Waals surface area contributed by atoms with Gasteiger partial charge in [-0.2, -0.15) is 0 Å². The number of amides is 2. The van der Waals surface area contributed by atoms with Crippen molar-refractivity contribution < 1.29 is 19.4 Å². The summed E-state index contributed by atoms with van der Waals surface area (Å²) in [5.74, 6) is -0.249. The number of likely N-dealkylation sites (tertiary alicyclic amines) is 1. The first-order valence-corrected chi connectivity index (χ1v) is 9.23. The van der Waals surface area contributed by atoms with E-state index in [4.69, 9.17) is 4.74 Å². The summed E-state index contributed by atoms with van der Waals surface area (Å²) in [6.07, 6.45) is -0.282. The molecule has 2 rings (SSSR count). The predicted octanol–water partition coefficient (Wildman–Crippen LogP) is 1.63. The van der Waals surface area contributed by atoms with Crippen molar-refractivity contribution in [2.45, 2.75) is 59.2 Å². The molecular weight excluding hydrogens is 322 g/mol. The number of nitrogens with zero attached hydrogens (tertiary/aromatic N) is 2. The van der Waals surface area contributed by atoms with Crippen molar-refractivity contribution in [3.05, 3.63) is 0 Å². The lowest BCUT2D eigenvalue weighted by molar-refractivity contribution is -0.143. The molecule has 0 bridgehead atoms. The number of nitrogens with one attached hydrogen (secondary N) is 1. The second-order valence-electron chi connectivity index (χ2n) is 8.54. The van der Waals surface area contributed by atoms with Gasteiger partial charge in [-0.3, -0.25) is 4.79 Å². The van der Waals surface area contributed by atoms with Crippen LogP contribution in [0.1, 0.15) is 41.0 Å². The van der Waals surface area contributed by atoms with Crippen LogP contribution in [0, 0.1) is 11.3 Å². The molecule has 0 aliphatic carbocycles. The number of rotatable bonds is 3. The Morgan fingerprint density at radius 1 is 1.20 bits per heavy atom. The van der Waals surface area contributed by atoms with Crippen LogP contribution < -0.4 is 5.32 Å². The number of piperidine rings is 1. The monoisotopic (exact) mass is 355 g/mol. The molecule has 0 radical (unpaired) electrons. The highest BCUT2D eigenvalue weighted by Gasteiger charge is 2.47. The Hall–Kier alpha value is -1.34. The molecule has 2 aliphatic rings. The largest absolute Gasteiger partial charge is 0.465 e. The smallest absolute Gasteiger partial charge is 0.407 e. The van der Waals surface area contributed by atoms with Gasteiger partial charge in [-0.25, -0.2) is 4.79 Å². The van der Waals surface area contributed by atoms with Crippen molar-refractivity contribution in [2.24, 2.45) is 11.3 Å². The molecule has 1 unspecified atom stereocenters. The third-order valence-corrected chi connectivity index (χ3v) is 5.02. The zero-order valence-corrected chi connectivity index (χ0v) is 16.1. The molecule has 2 heterocycles. The highest BCUT2D eigenvalue weighted by Crippen LogP contribution is 2.35. The molecule has 0 spiro atoms. The van der Waals surface area contributed by atoms with Gasteiger partial charge in [-0.15, -0.1) is 0 Å². The molecule has 0 aromatic carbocycles. The lowest BCUT2D eigenvalue weighted by Gasteiger charge is -2.50. The van der Waals surface area contributed by atoms with Crippen LogP contribution in [-0.4, -0.2) is 77.9 Å². The normalized spacial score (nSPS) is 28.3. The van der Waals surface area contributed by atoms with Gasteiger partial charge >= 0.3 is 6.09 Å². The Balaban J connectivity index is 2.24. The van der Waals surface area contributed by atoms with Crippen molar-refractivity contribution in [3.8, 4) is 0 Å². The molecule has 7 heteroatoms. The number of morpholine rings is 1. The molecule has 144 valence electrons. The molecule has 0 saturated carbocycles. The summed E-state index contributed by atoms with van der Waals surface area (Å²) in [7, 11) is 0. The Morgan fingerprint density at radius 2 is 1.80 bits per heavy atom. The molecule has 7 nitrogen and oxygen atoms in total. The number of ether oxygens (including phenoxy) is 1. The lowest BCUT2D eigenvalue weighted by atomic mass is 9.74. The van der Waals surface area contributed by atoms with Gasteiger partial charge in [0.1, 0.15) is 0 Å². The number of carboxylic acid groups (broad SMARTS) is 1. The first-order chi connectivity index (χ1) is 11.6. The van der Waals surface area contributed by atoms with Crippen LogP contribution in [0.15, 0.2) is 0 Å². The van der Waals surface area contributed by atoms with Gasteiger partial charge in [-0.1, -0.05) is 34.6 Å². The third kappa shape index (κ3) is 4.85. The predicted molar refractivity (Wildman–Crippen MR) is 95.5 cm³/mol. The fraction of sp³-hybridized carbons (Fsp3) is 0.889. The van der Waals surface area contributed by atoms with Crippen LogP contribution in [0.3, 0.4) is 0 Å². The summed E-state index contributed by atoms with van der Waals surface area (Å²) >= 11 is 0. The van der Waals surface area contributed by atoms with Gasteiger partial charge in [0.15, 0.2) is 0 Å². The van der Waals surface area contributed by atoms with Crippen molar-refractivity contribution in [3.63, 3.8) is 0 Å². The number of carbonyl (C=O) groups excluding carboxylic acids is 1. The number of hydrogen-bond acceptors (Lipinski definition) is 4. The van der Waals surface area contributed by atoms with E-state index in [1.807, 2.05) is 4.90 Å². The van der Waals surface area contributed by atoms with Crippen LogP contribution in [-0.2, 0) is 9.53 Å². The van der Waals surface area contributed by atoms with E-state index in [2.05, 4.69) is 39.9 Å². The van der Waals surface area contributed by atoms with Crippen molar-refractivity contribution >= 4 is 12.0 Å². The quantitative estimate of drug-likeness (QED) is 0.804. The standard InChI is InChI=1S/C18H33N3O4/c1-12(2)19-14-10-13(16(22)20-6-8-25-9-7-20)11-21(17(23)24)15(14)18(3,4)5/h12-15,19H,6-11H2,1-5H3,(H,23,24)/t13-,14+,15?/m1/s1. The summed E-state index contributed by atoms with van der Waals surface area (Å²) in [6.45, 7) is 12.9. The first-order valence-electron chi connectivity index (χ1n) is 9.23. The van der Waals surface area contributed by atoms with E-state index in [-0.39, 0.29) is 41.9 Å². The van der Waals surface area contributed by atoms with Crippen LogP contribution in [0.25, 0.3) is 0 Å². The van der Waals surface area contributed by atoms with Gasteiger partial charge in [0, 0.05) is 31.7 Å². The molecule has 25 heavy (non-hydrogen) atoms. The minimum Gasteiger partial charge on any atom is -0.465 e. The highest BCUT2D eigenvalue weighted by atomic mass is 16.5. The molecule has 2 saturated heterocycles. The molecule has 2 N–H and O–H groups in total. The summed E-state index contributed by atoms with van der Waals surface area (Å²) < 4.78 is 5.32. The molecule has 0 aromatic heterocycles. The van der Waals surface area contributed by atoms with E-state index in [1.165, 1.54) is 4.90 Å². The Labute approximate surface area is 150 Å². The van der Waals surface area contributed by atoms with Gasteiger partial charge in [0.25, 0.3) is 0 Å². The number of carbonyl (C=O) groups is 2. The minimum atomic E-state index is -0.949. The van der Waals surface area contributed by atoms with E-state index in [0.717, 1.165) is 0 Å². The third-order valence-electron chi connectivity index (χ3n) is 5.02. The van der Waals surface area contributed by atoms with Gasteiger partial charge < -0.3 is 25.0 Å². The Kier molecular flexibility index (Phi) is 6.32. The second kappa shape index (κ2) is 7.91. The van der Waals surface area contributed by atoms with Crippen LogP contribution in [0.2, 0.25) is 0 Å². The molecule has 3 atom stereocenters. The SMILES string of the molecule is CC(C)N[C@H]1C[C@@H](C(=O)N2CCOCC2)CN(C(=O)O)C1C(C)(C)C. The van der Waals surface area contributed by atoms with E-state index in [1.54, 1.807) is 0 Å². The highest BCUT2D eigenvalue weighted by molar-refractivity contribution is 5.80. The maximum atomic E-state index is 12.9. The summed E-state index contributed by atoms with van der Waals surface area (Å²) in [6, 6.07) is 0.0173. The Bertz CT molecular complexity index is 483. The molecule has 2 aliphatic heterocycles. The summed E-state index contributed by atoms with van der Waals surface area (Å²) in [5, 5.41) is 13.3.